The maximum atomic E-state index is 14.4. The van der Waals surface area contributed by atoms with Crippen molar-refractivity contribution in [3.63, 3.8) is 0 Å². The lowest BCUT2D eigenvalue weighted by Crippen LogP contribution is -2.54. The molecule has 2 saturated heterocycles. The van der Waals surface area contributed by atoms with Gasteiger partial charge < -0.3 is 35.1 Å². The van der Waals surface area contributed by atoms with Gasteiger partial charge in [0.05, 0.1) is 27.0 Å². The number of carbonyl (C=O) groups excluding carboxylic acids is 2. The molecule has 3 aliphatic carbocycles. The number of amides is 2. The minimum Gasteiger partial charge on any atom is -0.489 e. The Morgan fingerprint density at radius 3 is 2.46 bits per heavy atom. The van der Waals surface area contributed by atoms with Crippen LogP contribution in [0.5, 0.6) is 17.2 Å². The van der Waals surface area contributed by atoms with Crippen molar-refractivity contribution in [3.05, 3.63) is 99.7 Å². The summed E-state index contributed by atoms with van der Waals surface area (Å²) >= 11 is 0. The molecular weight excluding hydrogens is 937 g/mol. The highest BCUT2D eigenvalue weighted by Gasteiger charge is 2.50. The monoisotopic (exact) mass is 1000 g/mol. The van der Waals surface area contributed by atoms with E-state index in [2.05, 4.69) is 73.2 Å². The van der Waals surface area contributed by atoms with Crippen molar-refractivity contribution in [2.75, 3.05) is 41.8 Å². The predicted octanol–water partition coefficient (Wildman–Crippen LogP) is 9.55. The molecule has 380 valence electrons. The molecular formula is C54H64N8O9S. The van der Waals surface area contributed by atoms with Crippen molar-refractivity contribution in [1.82, 2.24) is 19.6 Å². The van der Waals surface area contributed by atoms with Crippen LogP contribution in [0.1, 0.15) is 131 Å². The van der Waals surface area contributed by atoms with Crippen LogP contribution in [-0.2, 0) is 14.8 Å². The first-order chi connectivity index (χ1) is 34.5. The fraction of sp³-hybridized carbons (Fsp3) is 0.500. The largest absolute Gasteiger partial charge is 0.489 e. The summed E-state index contributed by atoms with van der Waals surface area (Å²) in [5, 5.41) is 29.8. The summed E-state index contributed by atoms with van der Waals surface area (Å²) in [6.07, 6.45) is 12.5. The number of nitro groups is 1. The molecule has 3 saturated carbocycles. The topological polar surface area (TPSA) is 221 Å². The van der Waals surface area contributed by atoms with Gasteiger partial charge in [-0.15, -0.1) is 0 Å². The summed E-state index contributed by atoms with van der Waals surface area (Å²) in [6, 6.07) is 20.3. The van der Waals surface area contributed by atoms with Gasteiger partial charge in [0.2, 0.25) is 5.91 Å². The number of nitrogens with zero attached hydrogens (tertiary/aromatic N) is 4. The number of hydrogen-bond acceptors (Lipinski definition) is 13. The molecule has 6 aliphatic rings. The molecule has 2 atom stereocenters. The molecule has 3 aliphatic heterocycles. The van der Waals surface area contributed by atoms with Gasteiger partial charge in [-0.25, -0.2) is 18.1 Å². The Balaban J connectivity index is 0.843. The van der Waals surface area contributed by atoms with Gasteiger partial charge in [-0.3, -0.25) is 24.6 Å². The van der Waals surface area contributed by atoms with E-state index in [1.807, 2.05) is 0 Å². The number of nitro benzene ring substituents is 1. The summed E-state index contributed by atoms with van der Waals surface area (Å²) in [4.78, 5) is 51.6. The average molecular weight is 1000 g/mol. The summed E-state index contributed by atoms with van der Waals surface area (Å²) in [5.74, 6) is -0.499. The third-order valence-corrected chi connectivity index (χ3v) is 17.9. The van der Waals surface area contributed by atoms with Gasteiger partial charge in [-0.2, -0.15) is 0 Å². The molecule has 11 rings (SSSR count). The van der Waals surface area contributed by atoms with E-state index in [4.69, 9.17) is 9.47 Å². The van der Waals surface area contributed by atoms with E-state index in [1.54, 1.807) is 37.4 Å². The quantitative estimate of drug-likeness (QED) is 0.0549. The maximum absolute atomic E-state index is 14.4. The van der Waals surface area contributed by atoms with Gasteiger partial charge in [-0.05, 0) is 143 Å². The van der Waals surface area contributed by atoms with Crippen LogP contribution in [0.3, 0.4) is 0 Å². The predicted molar refractivity (Wildman–Crippen MR) is 273 cm³/mol. The maximum Gasteiger partial charge on any atom is 0.297 e. The highest BCUT2D eigenvalue weighted by molar-refractivity contribution is 7.90. The first kappa shape index (κ1) is 48.1. The number of anilines is 3. The third kappa shape index (κ3) is 9.48. The lowest BCUT2D eigenvalue weighted by molar-refractivity contribution is -0.384. The van der Waals surface area contributed by atoms with Crippen LogP contribution in [0, 0.1) is 27.4 Å². The Morgan fingerprint density at radius 1 is 0.958 bits per heavy atom. The number of aromatic nitrogens is 2. The summed E-state index contributed by atoms with van der Waals surface area (Å²) in [5.41, 5.74) is 3.14. The Morgan fingerprint density at radius 2 is 1.72 bits per heavy atom. The van der Waals surface area contributed by atoms with E-state index < -0.39 is 37.0 Å². The number of piperidine rings is 1. The highest BCUT2D eigenvalue weighted by Crippen LogP contribution is 2.55. The fourth-order valence-electron chi connectivity index (χ4n) is 12.2. The zero-order valence-corrected chi connectivity index (χ0v) is 41.9. The minimum absolute atomic E-state index is 0.0220. The number of carbonyl (C=O) groups is 2. The Bertz CT molecular complexity index is 3040. The van der Waals surface area contributed by atoms with Gasteiger partial charge in [-0.1, -0.05) is 38.1 Å². The number of aromatic amines is 1. The second-order valence-corrected chi connectivity index (χ2v) is 23.6. The van der Waals surface area contributed by atoms with E-state index in [9.17, 15) is 33.2 Å². The number of fused-ring (bicyclic) bond motifs is 2. The lowest BCUT2D eigenvalue weighted by atomic mass is 9.59. The van der Waals surface area contributed by atoms with Crippen LogP contribution in [-0.4, -0.2) is 89.1 Å². The van der Waals surface area contributed by atoms with Gasteiger partial charge in [0, 0.05) is 66.6 Å². The van der Waals surface area contributed by atoms with Crippen molar-refractivity contribution in [3.8, 4) is 17.2 Å². The van der Waals surface area contributed by atoms with Crippen LogP contribution in [0.25, 0.3) is 11.0 Å². The normalized spacial score (nSPS) is 24.3. The van der Waals surface area contributed by atoms with Gasteiger partial charge in [0.1, 0.15) is 18.0 Å². The van der Waals surface area contributed by atoms with Crippen molar-refractivity contribution >= 4 is 55.8 Å². The second-order valence-electron chi connectivity index (χ2n) is 21.9. The molecule has 5 N–H and O–H groups in total. The lowest BCUT2D eigenvalue weighted by Gasteiger charge is -2.56. The van der Waals surface area contributed by atoms with E-state index in [-0.39, 0.29) is 70.1 Å². The molecule has 5 heterocycles. The minimum atomic E-state index is -4.74. The van der Waals surface area contributed by atoms with Crippen LogP contribution in [0.15, 0.2) is 77.8 Å². The van der Waals surface area contributed by atoms with Crippen LogP contribution >= 0.6 is 0 Å². The summed E-state index contributed by atoms with van der Waals surface area (Å²) in [7, 11) is -4.74. The zero-order valence-electron chi connectivity index (χ0n) is 41.1. The first-order valence-electron chi connectivity index (χ1n) is 25.7. The van der Waals surface area contributed by atoms with Gasteiger partial charge in [0.25, 0.3) is 21.6 Å². The second kappa shape index (κ2) is 18.7. The van der Waals surface area contributed by atoms with Crippen LogP contribution < -0.4 is 29.7 Å². The van der Waals surface area contributed by atoms with E-state index in [0.29, 0.717) is 54.7 Å². The number of nitrogens with one attached hydrogen (secondary N) is 4. The number of likely N-dealkylation sites (tertiary alicyclic amines) is 1. The van der Waals surface area contributed by atoms with E-state index in [1.165, 1.54) is 36.1 Å². The third-order valence-electron chi connectivity index (χ3n) is 16.6. The SMILES string of the molecule is CC(C)c1ccccc1[C@@H]1CCCN1C1CC2(CCN(c3ccc(C(=O)NS(=O)(=O)c4cc5c(c([N+](=O)[O-])c4)N[C@@H]([C@H]4CC[C@](C)(O)CC4)CO5)c(Oc4cc5cc[nH]c5nc4NC(=O)C4CC4)c3)CC2)C1. The highest BCUT2D eigenvalue weighted by atomic mass is 32.2. The fourth-order valence-corrected chi connectivity index (χ4v) is 13.2. The van der Waals surface area contributed by atoms with E-state index >= 15 is 0 Å². The number of pyridine rings is 1. The molecule has 17 nitrogen and oxygen atoms in total. The molecule has 2 amide bonds. The van der Waals surface area contributed by atoms with Crippen LogP contribution in [0.2, 0.25) is 0 Å². The molecule has 0 bridgehead atoms. The first-order valence-corrected chi connectivity index (χ1v) is 27.2. The number of rotatable bonds is 13. The van der Waals surface area contributed by atoms with Gasteiger partial charge in [0.15, 0.2) is 23.0 Å². The number of aliphatic hydroxyl groups is 1. The molecule has 5 fully saturated rings. The number of H-pyrrole nitrogens is 1. The number of benzene rings is 3. The van der Waals surface area contributed by atoms with Crippen LogP contribution in [0.4, 0.5) is 22.9 Å². The molecule has 0 unspecified atom stereocenters. The molecule has 5 aromatic rings. The smallest absolute Gasteiger partial charge is 0.297 e. The van der Waals surface area contributed by atoms with Crippen molar-refractivity contribution in [2.24, 2.45) is 17.3 Å². The van der Waals surface area contributed by atoms with Gasteiger partial charge >= 0.3 is 0 Å². The Kier molecular flexibility index (Phi) is 12.5. The zero-order chi connectivity index (χ0) is 50.1. The Labute approximate surface area is 419 Å². The molecule has 0 radical (unpaired) electrons. The standard InChI is InChI=1S/C54H64N8O9S/c1-32(2)39-7-4-5-8-40(39)43-9-6-22-61(43)37-29-54(30-37)19-23-60(24-20-54)36-12-13-41(45(26-36)71-47-25-35-16-21-55-49(35)57-50(47)58-51(63)34-10-11-34)52(64)59-72(68,69)38-27-44(62(66)67)48-46(28-38)70-31-42(56-48)33-14-17-53(3,65)18-15-33/h4-5,7-8,12-13,16,21,25-28,32-34,37,42-43,56,65H,6,9-11,14-15,17-20,22-24,29-31H2,1-3H3,(H,59,64)(H2,55,57,58,63)/t33-,42-,43+,53-/m1/s1. The molecule has 18 heteroatoms. The Hall–Kier alpha value is -6.24. The number of hydrogen-bond donors (Lipinski definition) is 5. The number of ether oxygens (including phenoxy) is 2. The summed E-state index contributed by atoms with van der Waals surface area (Å²) in [6.45, 7) is 9.18. The van der Waals surface area contributed by atoms with Crippen molar-refractivity contribution < 1.29 is 37.5 Å². The van der Waals surface area contributed by atoms with Crippen molar-refractivity contribution in [1.29, 1.82) is 0 Å². The van der Waals surface area contributed by atoms with E-state index in [0.717, 1.165) is 69.9 Å². The number of sulfonamides is 1. The van der Waals surface area contributed by atoms with Crippen molar-refractivity contribution in [2.45, 2.75) is 132 Å². The molecule has 1 spiro atoms. The summed E-state index contributed by atoms with van der Waals surface area (Å²) < 4.78 is 43.1. The molecule has 72 heavy (non-hydrogen) atoms. The average Bonchev–Trinajstić information content (AvgIpc) is 3.93. The molecule has 3 aromatic carbocycles. The molecule has 2 aromatic heterocycles.